The van der Waals surface area contributed by atoms with E-state index in [0.29, 0.717) is 0 Å². The lowest BCUT2D eigenvalue weighted by Gasteiger charge is -2.32. The number of oxime groups is 1. The van der Waals surface area contributed by atoms with Gasteiger partial charge in [0.15, 0.2) is 0 Å². The molecule has 0 saturated carbocycles. The highest BCUT2D eigenvalue weighted by molar-refractivity contribution is 9.18. The molecule has 0 radical (unpaired) electrons. The quantitative estimate of drug-likeness (QED) is 0.659. The zero-order chi connectivity index (χ0) is 17.6. The van der Waals surface area contributed by atoms with Gasteiger partial charge in [-0.2, -0.15) is 13.2 Å². The number of rotatable bonds is 2. The summed E-state index contributed by atoms with van der Waals surface area (Å²) in [5.41, 5.74) is 0.391. The molecular formula is C17H22BrF3N2O. The Morgan fingerprint density at radius 2 is 1.75 bits per heavy atom. The Bertz CT molecular complexity index is 540. The van der Waals surface area contributed by atoms with E-state index >= 15 is 0 Å². The maximum absolute atomic E-state index is 12.5. The lowest BCUT2D eigenvalue weighted by Crippen LogP contribution is -2.32. The summed E-state index contributed by atoms with van der Waals surface area (Å²) in [6.07, 6.45) is 0.319. The van der Waals surface area contributed by atoms with Gasteiger partial charge in [-0.3, -0.25) is 4.90 Å². The van der Waals surface area contributed by atoms with Crippen molar-refractivity contribution in [1.29, 1.82) is 0 Å². The maximum Gasteiger partial charge on any atom is 0.416 e. The van der Waals surface area contributed by atoms with Crippen molar-refractivity contribution in [2.24, 2.45) is 5.16 Å². The minimum Gasteiger partial charge on any atom is -0.395 e. The van der Waals surface area contributed by atoms with Gasteiger partial charge in [0.05, 0.1) is 5.56 Å². The molecule has 2 aliphatic heterocycles. The molecule has 24 heavy (non-hydrogen) atoms. The van der Waals surface area contributed by atoms with Gasteiger partial charge < -0.3 is 4.84 Å². The molecular weight excluding hydrogens is 385 g/mol. The van der Waals surface area contributed by atoms with Crippen LogP contribution >= 0.6 is 15.9 Å². The Morgan fingerprint density at radius 1 is 1.12 bits per heavy atom. The Hall–Kier alpha value is -1.08. The molecule has 1 aromatic carbocycles. The fourth-order valence-corrected chi connectivity index (χ4v) is 3.02. The van der Waals surface area contributed by atoms with E-state index in [-0.39, 0.29) is 6.04 Å². The van der Waals surface area contributed by atoms with Gasteiger partial charge in [0.2, 0.25) is 0 Å². The summed E-state index contributed by atoms with van der Waals surface area (Å²) < 4.78 is 38.3. The predicted octanol–water partition coefficient (Wildman–Crippen LogP) is 5.37. The largest absolute Gasteiger partial charge is 0.416 e. The summed E-state index contributed by atoms with van der Waals surface area (Å²) in [6.45, 7) is 4.89. The van der Waals surface area contributed by atoms with Crippen LogP contribution in [0.4, 0.5) is 13.2 Å². The molecule has 2 aliphatic rings. The first kappa shape index (κ1) is 19.2. The van der Waals surface area contributed by atoms with Gasteiger partial charge in [-0.25, -0.2) is 0 Å². The zero-order valence-electron chi connectivity index (χ0n) is 13.7. The zero-order valence-corrected chi connectivity index (χ0v) is 15.2. The fraction of sp³-hybridized carbons (Fsp3) is 0.588. The molecule has 2 heterocycles. The lowest BCUT2D eigenvalue weighted by molar-refractivity contribution is -0.137. The molecule has 1 aromatic rings. The molecule has 1 fully saturated rings. The number of nitrogens with zero attached hydrogens (tertiary/aromatic N) is 2. The fourth-order valence-electron chi connectivity index (χ4n) is 2.76. The number of piperidine rings is 1. The van der Waals surface area contributed by atoms with E-state index in [2.05, 4.69) is 37.7 Å². The Morgan fingerprint density at radius 3 is 2.17 bits per heavy atom. The molecule has 7 heteroatoms. The predicted molar refractivity (Wildman–Crippen MR) is 92.2 cm³/mol. The minimum atomic E-state index is -4.24. The first-order valence-electron chi connectivity index (χ1n) is 8.13. The van der Waals surface area contributed by atoms with Crippen molar-refractivity contribution in [3.05, 3.63) is 35.4 Å². The summed E-state index contributed by atoms with van der Waals surface area (Å²) >= 11 is 3.16. The van der Waals surface area contributed by atoms with E-state index in [0.717, 1.165) is 36.3 Å². The third-order valence-electron chi connectivity index (χ3n) is 4.22. The number of halogens is 4. The molecule has 0 spiro atoms. The molecule has 1 saturated heterocycles. The highest BCUT2D eigenvalue weighted by Crippen LogP contribution is 2.31. The monoisotopic (exact) mass is 406 g/mol. The number of benzene rings is 1. The average molecular weight is 407 g/mol. The van der Waals surface area contributed by atoms with Crippen LogP contribution in [0, 0.1) is 0 Å². The molecule has 3 nitrogen and oxygen atoms in total. The first-order valence-corrected chi connectivity index (χ1v) is 8.93. The lowest BCUT2D eigenvalue weighted by atomic mass is 10.0. The SMILES string of the molecule is BrC1=NOCC1.CC(c1ccc(C(F)(F)F)cc1)N1CCCCC1. The summed E-state index contributed by atoms with van der Waals surface area (Å²) in [4.78, 5) is 6.94. The van der Waals surface area contributed by atoms with Crippen molar-refractivity contribution >= 4 is 20.6 Å². The minimum absolute atomic E-state index is 0.201. The van der Waals surface area contributed by atoms with Gasteiger partial charge in [0.25, 0.3) is 0 Å². The summed E-state index contributed by atoms with van der Waals surface area (Å²) in [5, 5.41) is 3.57. The van der Waals surface area contributed by atoms with Crippen LogP contribution < -0.4 is 0 Å². The van der Waals surface area contributed by atoms with E-state index < -0.39 is 11.7 Å². The van der Waals surface area contributed by atoms with E-state index in [1.165, 1.54) is 31.4 Å². The van der Waals surface area contributed by atoms with E-state index in [1.54, 1.807) is 12.1 Å². The molecule has 1 atom stereocenters. The molecule has 1 unspecified atom stereocenters. The van der Waals surface area contributed by atoms with Crippen molar-refractivity contribution in [2.75, 3.05) is 19.7 Å². The molecule has 0 bridgehead atoms. The van der Waals surface area contributed by atoms with Gasteiger partial charge in [-0.05, 0) is 66.5 Å². The van der Waals surface area contributed by atoms with Crippen molar-refractivity contribution in [1.82, 2.24) is 4.90 Å². The molecule has 0 aromatic heterocycles. The summed E-state index contributed by atoms with van der Waals surface area (Å²) in [7, 11) is 0. The maximum atomic E-state index is 12.5. The second-order valence-electron chi connectivity index (χ2n) is 5.94. The molecule has 0 aliphatic carbocycles. The van der Waals surface area contributed by atoms with Crippen LogP contribution in [0.15, 0.2) is 29.4 Å². The Labute approximate surface area is 149 Å². The van der Waals surface area contributed by atoms with Crippen LogP contribution in [0.3, 0.4) is 0 Å². The highest BCUT2D eigenvalue weighted by atomic mass is 79.9. The molecule has 0 N–H and O–H groups in total. The summed E-state index contributed by atoms with van der Waals surface area (Å²) in [6, 6.07) is 5.75. The van der Waals surface area contributed by atoms with Crippen molar-refractivity contribution in [2.45, 2.75) is 44.8 Å². The van der Waals surface area contributed by atoms with Crippen molar-refractivity contribution in [3.8, 4) is 0 Å². The standard InChI is InChI=1S/C14H18F3N.C3H4BrNO/c1-11(18-9-3-2-4-10-18)12-5-7-13(8-6-12)14(15,16)17;4-3-1-2-6-5-3/h5-8,11H,2-4,9-10H2,1H3;1-2H2. The third kappa shape index (κ3) is 5.77. The Kier molecular flexibility index (Phi) is 7.10. The van der Waals surface area contributed by atoms with Gasteiger partial charge >= 0.3 is 6.18 Å². The second-order valence-corrected chi connectivity index (χ2v) is 6.86. The van der Waals surface area contributed by atoms with Crippen molar-refractivity contribution < 1.29 is 18.0 Å². The topological polar surface area (TPSA) is 24.8 Å². The molecule has 0 amide bonds. The van der Waals surface area contributed by atoms with Crippen LogP contribution in [0.2, 0.25) is 0 Å². The highest BCUT2D eigenvalue weighted by Gasteiger charge is 2.30. The van der Waals surface area contributed by atoms with Gasteiger partial charge in [0.1, 0.15) is 11.2 Å². The first-order chi connectivity index (χ1) is 11.4. The van der Waals surface area contributed by atoms with Crippen LogP contribution in [-0.2, 0) is 11.0 Å². The smallest absolute Gasteiger partial charge is 0.395 e. The Balaban J connectivity index is 0.000000292. The van der Waals surface area contributed by atoms with Crippen LogP contribution in [-0.4, -0.2) is 29.2 Å². The molecule has 134 valence electrons. The van der Waals surface area contributed by atoms with Gasteiger partial charge in [-0.1, -0.05) is 23.7 Å². The van der Waals surface area contributed by atoms with Crippen LogP contribution in [0.1, 0.15) is 49.8 Å². The average Bonchev–Trinajstić information content (AvgIpc) is 3.06. The van der Waals surface area contributed by atoms with Crippen LogP contribution in [0.25, 0.3) is 0 Å². The van der Waals surface area contributed by atoms with E-state index in [9.17, 15) is 13.2 Å². The van der Waals surface area contributed by atoms with E-state index in [1.807, 2.05) is 0 Å². The number of hydrogen-bond donors (Lipinski definition) is 0. The number of likely N-dealkylation sites (tertiary alicyclic amines) is 1. The normalized spacial score (nSPS) is 19.8. The molecule has 3 rings (SSSR count). The third-order valence-corrected chi connectivity index (χ3v) is 4.76. The van der Waals surface area contributed by atoms with Gasteiger partial charge in [-0.15, -0.1) is 0 Å². The van der Waals surface area contributed by atoms with E-state index in [4.69, 9.17) is 0 Å². The van der Waals surface area contributed by atoms with Crippen LogP contribution in [0.5, 0.6) is 0 Å². The number of alkyl halides is 3. The van der Waals surface area contributed by atoms with Crippen molar-refractivity contribution in [3.63, 3.8) is 0 Å². The number of hydrogen-bond acceptors (Lipinski definition) is 3. The second kappa shape index (κ2) is 8.85. The van der Waals surface area contributed by atoms with Gasteiger partial charge in [0, 0.05) is 12.5 Å². The summed E-state index contributed by atoms with van der Waals surface area (Å²) in [5.74, 6) is 0.